The molecule has 0 saturated heterocycles. The lowest BCUT2D eigenvalue weighted by atomic mass is 10.1. The molecule has 0 fully saturated rings. The second-order valence-electron chi connectivity index (χ2n) is 7.64. The lowest BCUT2D eigenvalue weighted by Gasteiger charge is -2.24. The van der Waals surface area contributed by atoms with Crippen LogP contribution in [0, 0.1) is 0 Å². The molecule has 24 heavy (non-hydrogen) atoms. The van der Waals surface area contributed by atoms with Crippen molar-refractivity contribution in [3.05, 3.63) is 71.8 Å². The molecule has 0 N–H and O–H groups in total. The van der Waals surface area contributed by atoms with Gasteiger partial charge in [0.1, 0.15) is 0 Å². The van der Waals surface area contributed by atoms with Gasteiger partial charge in [0.05, 0.1) is 0 Å². The van der Waals surface area contributed by atoms with E-state index in [-0.39, 0.29) is 5.91 Å². The summed E-state index contributed by atoms with van der Waals surface area (Å²) in [5, 5.41) is 0. The van der Waals surface area contributed by atoms with Crippen molar-refractivity contribution < 1.29 is 4.79 Å². The van der Waals surface area contributed by atoms with Gasteiger partial charge >= 0.3 is 0 Å². The highest BCUT2D eigenvalue weighted by molar-refractivity contribution is 6.76. The standard InChI is InChI=1S/C21H29NOSi/c1-24(2,3)16-10-15-21(23)22(17-19-11-6-4-7-12-19)18-20-13-8-5-9-14-20/h4-9,11-14H,10,15-18H2,1-3H3. The minimum Gasteiger partial charge on any atom is -0.334 e. The Bertz CT molecular complexity index is 578. The topological polar surface area (TPSA) is 20.3 Å². The fourth-order valence-corrected chi connectivity index (χ4v) is 4.01. The van der Waals surface area contributed by atoms with Crippen molar-refractivity contribution in [3.63, 3.8) is 0 Å². The van der Waals surface area contributed by atoms with Crippen LogP contribution in [0.25, 0.3) is 0 Å². The van der Waals surface area contributed by atoms with Crippen LogP contribution in [0.15, 0.2) is 60.7 Å². The average Bonchev–Trinajstić information content (AvgIpc) is 2.55. The molecule has 2 aromatic carbocycles. The lowest BCUT2D eigenvalue weighted by Crippen LogP contribution is -2.30. The number of hydrogen-bond donors (Lipinski definition) is 0. The number of hydrogen-bond acceptors (Lipinski definition) is 1. The van der Waals surface area contributed by atoms with Crippen molar-refractivity contribution in [3.8, 4) is 0 Å². The molecule has 0 spiro atoms. The molecule has 0 aliphatic heterocycles. The van der Waals surface area contributed by atoms with Crippen LogP contribution in [0.3, 0.4) is 0 Å². The van der Waals surface area contributed by atoms with Gasteiger partial charge in [-0.1, -0.05) is 86.3 Å². The summed E-state index contributed by atoms with van der Waals surface area (Å²) in [5.41, 5.74) is 2.37. The molecule has 0 radical (unpaired) electrons. The van der Waals surface area contributed by atoms with Gasteiger partial charge in [0.15, 0.2) is 0 Å². The second kappa shape index (κ2) is 8.83. The van der Waals surface area contributed by atoms with Crippen LogP contribution in [-0.4, -0.2) is 18.9 Å². The molecule has 0 aromatic heterocycles. The summed E-state index contributed by atoms with van der Waals surface area (Å²) in [6.45, 7) is 8.46. The number of carbonyl (C=O) groups excluding carboxylic acids is 1. The Morgan fingerprint density at radius 1 is 0.833 bits per heavy atom. The average molecular weight is 340 g/mol. The van der Waals surface area contributed by atoms with Crippen molar-refractivity contribution >= 4 is 14.0 Å². The highest BCUT2D eigenvalue weighted by atomic mass is 28.3. The van der Waals surface area contributed by atoms with Crippen LogP contribution in [0.2, 0.25) is 25.7 Å². The smallest absolute Gasteiger partial charge is 0.223 e. The van der Waals surface area contributed by atoms with E-state index >= 15 is 0 Å². The van der Waals surface area contributed by atoms with E-state index in [0.29, 0.717) is 19.5 Å². The third-order valence-corrected chi connectivity index (χ3v) is 5.96. The fourth-order valence-electron chi connectivity index (χ4n) is 2.77. The maximum absolute atomic E-state index is 12.8. The minimum atomic E-state index is -1.08. The molecule has 0 unspecified atom stereocenters. The van der Waals surface area contributed by atoms with E-state index in [0.717, 1.165) is 6.42 Å². The van der Waals surface area contributed by atoms with Gasteiger partial charge in [0.2, 0.25) is 5.91 Å². The largest absolute Gasteiger partial charge is 0.334 e. The van der Waals surface area contributed by atoms with E-state index in [2.05, 4.69) is 43.9 Å². The fraction of sp³-hybridized carbons (Fsp3) is 0.381. The number of rotatable bonds is 8. The molecule has 0 heterocycles. The molecule has 0 atom stereocenters. The predicted octanol–water partition coefficient (Wildman–Crippen LogP) is 5.33. The highest BCUT2D eigenvalue weighted by Gasteiger charge is 2.17. The molecule has 128 valence electrons. The van der Waals surface area contributed by atoms with Gasteiger partial charge in [0, 0.05) is 27.6 Å². The van der Waals surface area contributed by atoms with Gasteiger partial charge in [-0.05, 0) is 17.5 Å². The Morgan fingerprint density at radius 3 is 1.71 bits per heavy atom. The van der Waals surface area contributed by atoms with Crippen LogP contribution in [0.5, 0.6) is 0 Å². The van der Waals surface area contributed by atoms with Gasteiger partial charge in [-0.25, -0.2) is 0 Å². The van der Waals surface area contributed by atoms with Crippen molar-refractivity contribution in [2.24, 2.45) is 0 Å². The first-order valence-corrected chi connectivity index (χ1v) is 12.5. The van der Waals surface area contributed by atoms with E-state index < -0.39 is 8.07 Å². The highest BCUT2D eigenvalue weighted by Crippen LogP contribution is 2.16. The van der Waals surface area contributed by atoms with Gasteiger partial charge in [-0.2, -0.15) is 0 Å². The molecular formula is C21H29NOSi. The maximum Gasteiger partial charge on any atom is 0.223 e. The Kier molecular flexibility index (Phi) is 6.80. The number of nitrogens with zero attached hydrogens (tertiary/aromatic N) is 1. The molecule has 0 aliphatic rings. The molecule has 1 amide bonds. The number of benzene rings is 2. The van der Waals surface area contributed by atoms with Crippen LogP contribution < -0.4 is 0 Å². The molecule has 2 rings (SSSR count). The van der Waals surface area contributed by atoms with Crippen LogP contribution in [-0.2, 0) is 17.9 Å². The maximum atomic E-state index is 12.8. The first-order chi connectivity index (χ1) is 11.4. The SMILES string of the molecule is C[Si](C)(C)CCCC(=O)N(Cc1ccccc1)Cc1ccccc1. The van der Waals surface area contributed by atoms with Crippen LogP contribution >= 0.6 is 0 Å². The quantitative estimate of drug-likeness (QED) is 0.595. The van der Waals surface area contributed by atoms with Crippen molar-refractivity contribution in [2.75, 3.05) is 0 Å². The zero-order chi connectivity index (χ0) is 17.4. The van der Waals surface area contributed by atoms with E-state index in [1.807, 2.05) is 41.3 Å². The number of amides is 1. The summed E-state index contributed by atoms with van der Waals surface area (Å²) in [6.07, 6.45) is 1.67. The van der Waals surface area contributed by atoms with E-state index in [4.69, 9.17) is 0 Å². The Labute approximate surface area is 147 Å². The lowest BCUT2D eigenvalue weighted by molar-refractivity contribution is -0.132. The van der Waals surface area contributed by atoms with Crippen LogP contribution in [0.1, 0.15) is 24.0 Å². The molecule has 0 saturated carbocycles. The zero-order valence-electron chi connectivity index (χ0n) is 15.2. The summed E-state index contributed by atoms with van der Waals surface area (Å²) in [5.74, 6) is 0.265. The van der Waals surface area contributed by atoms with Crippen molar-refractivity contribution in [1.29, 1.82) is 0 Å². The van der Waals surface area contributed by atoms with Gasteiger partial charge < -0.3 is 4.90 Å². The summed E-state index contributed by atoms with van der Waals surface area (Å²) in [6, 6.07) is 21.7. The molecule has 3 heteroatoms. The molecule has 2 nitrogen and oxygen atoms in total. The Hall–Kier alpha value is -1.87. The van der Waals surface area contributed by atoms with Gasteiger partial charge in [0.25, 0.3) is 0 Å². The first-order valence-electron chi connectivity index (χ1n) is 8.80. The summed E-state index contributed by atoms with van der Waals surface area (Å²) < 4.78 is 0. The second-order valence-corrected chi connectivity index (χ2v) is 13.3. The minimum absolute atomic E-state index is 0.265. The monoisotopic (exact) mass is 339 g/mol. The summed E-state index contributed by atoms with van der Waals surface area (Å²) in [7, 11) is -1.08. The zero-order valence-corrected chi connectivity index (χ0v) is 16.2. The van der Waals surface area contributed by atoms with Crippen molar-refractivity contribution in [1.82, 2.24) is 4.90 Å². The third kappa shape index (κ3) is 6.71. The Balaban J connectivity index is 2.02. The van der Waals surface area contributed by atoms with Gasteiger partial charge in [-0.3, -0.25) is 4.79 Å². The summed E-state index contributed by atoms with van der Waals surface area (Å²) >= 11 is 0. The summed E-state index contributed by atoms with van der Waals surface area (Å²) in [4.78, 5) is 14.8. The van der Waals surface area contributed by atoms with E-state index in [1.165, 1.54) is 17.2 Å². The molecule has 0 aliphatic carbocycles. The molecule has 0 bridgehead atoms. The van der Waals surface area contributed by atoms with Crippen molar-refractivity contribution in [2.45, 2.75) is 51.6 Å². The number of carbonyl (C=O) groups is 1. The normalized spacial score (nSPS) is 11.3. The van der Waals surface area contributed by atoms with E-state index in [1.54, 1.807) is 0 Å². The van der Waals surface area contributed by atoms with E-state index in [9.17, 15) is 4.79 Å². The van der Waals surface area contributed by atoms with Gasteiger partial charge in [-0.15, -0.1) is 0 Å². The Morgan fingerprint density at radius 2 is 1.29 bits per heavy atom. The molecular weight excluding hydrogens is 310 g/mol. The van der Waals surface area contributed by atoms with Crippen LogP contribution in [0.4, 0.5) is 0 Å². The molecule has 2 aromatic rings. The first kappa shape index (κ1) is 18.5. The predicted molar refractivity (Wildman–Crippen MR) is 105 cm³/mol. The third-order valence-electron chi connectivity index (χ3n) is 4.10.